The van der Waals surface area contributed by atoms with E-state index in [0.717, 1.165) is 81.2 Å². The number of thiazole rings is 2. The van der Waals surface area contributed by atoms with Crippen LogP contribution >= 0.6 is 22.7 Å². The summed E-state index contributed by atoms with van der Waals surface area (Å²) < 4.78 is 42.4. The Kier molecular flexibility index (Phi) is 9.78. The maximum absolute atomic E-state index is 15.0. The summed E-state index contributed by atoms with van der Waals surface area (Å²) in [5.41, 5.74) is 5.95. The first-order valence-electron chi connectivity index (χ1n) is 15.2. The Morgan fingerprint density at radius 1 is 0.711 bits per heavy atom. The van der Waals surface area contributed by atoms with Crippen LogP contribution in [-0.4, -0.2) is 18.4 Å². The van der Waals surface area contributed by atoms with Gasteiger partial charge in [-0.25, -0.2) is 18.4 Å². The minimum Gasteiger partial charge on any atom is -0.472 e. The van der Waals surface area contributed by atoms with Gasteiger partial charge in [-0.1, -0.05) is 47.6 Å². The van der Waals surface area contributed by atoms with E-state index in [4.69, 9.17) is 18.8 Å². The molecule has 6 nitrogen and oxygen atoms in total. The molecule has 6 aromatic rings. The van der Waals surface area contributed by atoms with Crippen molar-refractivity contribution in [2.24, 2.45) is 0 Å². The van der Waals surface area contributed by atoms with E-state index in [0.29, 0.717) is 10.0 Å². The molecule has 0 saturated carbocycles. The van der Waals surface area contributed by atoms with Gasteiger partial charge in [-0.3, -0.25) is 0 Å². The quantitative estimate of drug-likeness (QED) is 0.108. The number of hydrogen-bond donors (Lipinski definition) is 0. The van der Waals surface area contributed by atoms with Crippen molar-refractivity contribution in [3.05, 3.63) is 130 Å². The number of aryl methyl sites for hydroxylation is 2. The second kappa shape index (κ2) is 14.1. The topological polar surface area (TPSA) is 86.2 Å². The molecule has 0 radical (unpaired) electrons. The molecule has 2 aromatic carbocycles. The second-order valence-electron chi connectivity index (χ2n) is 11.5. The molecule has 0 spiro atoms. The van der Waals surface area contributed by atoms with E-state index in [1.165, 1.54) is 22.7 Å². The minimum absolute atomic E-state index is 0.586. The Balaban J connectivity index is 1.37. The third-order valence-corrected chi connectivity index (χ3v) is 12.6. The van der Waals surface area contributed by atoms with Gasteiger partial charge in [0.05, 0.1) is 45.5 Å². The van der Waals surface area contributed by atoms with Gasteiger partial charge in [0, 0.05) is 0 Å². The molecule has 4 aromatic heterocycles. The molecule has 0 aliphatic rings. The van der Waals surface area contributed by atoms with Crippen LogP contribution in [0.25, 0.3) is 20.4 Å². The van der Waals surface area contributed by atoms with E-state index in [2.05, 4.69) is 0 Å². The third-order valence-electron chi connectivity index (χ3n) is 7.92. The van der Waals surface area contributed by atoms with Crippen molar-refractivity contribution >= 4 is 52.9 Å². The molecule has 0 bridgehead atoms. The lowest BCUT2D eigenvalue weighted by Gasteiger charge is -2.19. The van der Waals surface area contributed by atoms with Crippen LogP contribution in [0.2, 0.25) is 0 Å². The van der Waals surface area contributed by atoms with Crippen LogP contribution in [0.15, 0.2) is 118 Å². The molecule has 6 rings (SSSR count). The average molecular weight is 657 g/mol. The molecule has 232 valence electrons. The van der Waals surface area contributed by atoms with E-state index >= 15 is 0 Å². The van der Waals surface area contributed by atoms with Crippen molar-refractivity contribution in [1.29, 1.82) is 0 Å². The Labute approximate surface area is 272 Å². The molecule has 0 N–H and O–H groups in total. The predicted molar refractivity (Wildman–Crippen MR) is 184 cm³/mol. The fraction of sp³-hybridized carbons (Fsp3) is 0.278. The summed E-state index contributed by atoms with van der Waals surface area (Å²) in [6.07, 6.45) is 15.8. The summed E-state index contributed by atoms with van der Waals surface area (Å²) in [5.74, 6) is 0. The lowest BCUT2D eigenvalue weighted by atomic mass is 10.1. The van der Waals surface area contributed by atoms with Crippen LogP contribution in [0.4, 0.5) is 0 Å². The van der Waals surface area contributed by atoms with Crippen molar-refractivity contribution < 1.29 is 17.3 Å². The highest BCUT2D eigenvalue weighted by Crippen LogP contribution is 2.42. The van der Waals surface area contributed by atoms with Gasteiger partial charge in [0.2, 0.25) is 0 Å². The summed E-state index contributed by atoms with van der Waals surface area (Å²) in [6, 6.07) is 19.6. The van der Waals surface area contributed by atoms with Gasteiger partial charge in [0.1, 0.15) is 20.5 Å². The molecular formula is C36H36N2O4S3. The maximum Gasteiger partial charge on any atom is 0.176 e. The minimum atomic E-state index is -3.88. The summed E-state index contributed by atoms with van der Waals surface area (Å²) in [4.78, 5) is 9.73. The normalized spacial score (nSPS) is 14.4. The smallest absolute Gasteiger partial charge is 0.176 e. The van der Waals surface area contributed by atoms with E-state index in [1.807, 2.05) is 86.7 Å². The number of sulfone groups is 1. The van der Waals surface area contributed by atoms with Gasteiger partial charge in [0.15, 0.2) is 9.84 Å². The Morgan fingerprint density at radius 3 is 1.56 bits per heavy atom. The average Bonchev–Trinajstić information content (AvgIpc) is 3.85. The van der Waals surface area contributed by atoms with Crippen LogP contribution < -0.4 is 0 Å². The summed E-state index contributed by atoms with van der Waals surface area (Å²) in [7, 11) is -3.88. The fourth-order valence-electron chi connectivity index (χ4n) is 5.49. The van der Waals surface area contributed by atoms with Crippen molar-refractivity contribution in [3.8, 4) is 0 Å². The van der Waals surface area contributed by atoms with Crippen molar-refractivity contribution in [2.45, 2.75) is 62.9 Å². The van der Waals surface area contributed by atoms with E-state index in [9.17, 15) is 8.42 Å². The summed E-state index contributed by atoms with van der Waals surface area (Å²) in [5, 5.41) is -0.642. The maximum atomic E-state index is 15.0. The van der Waals surface area contributed by atoms with Crippen molar-refractivity contribution in [3.63, 3.8) is 0 Å². The van der Waals surface area contributed by atoms with E-state index in [1.54, 1.807) is 25.1 Å². The first-order valence-corrected chi connectivity index (χ1v) is 18.4. The van der Waals surface area contributed by atoms with Gasteiger partial charge >= 0.3 is 0 Å². The molecule has 0 aliphatic carbocycles. The lowest BCUT2D eigenvalue weighted by molar-refractivity contribution is 0.563. The Bertz CT molecular complexity index is 1810. The zero-order chi connectivity index (χ0) is 31.2. The number of nitrogens with zero attached hydrogens (tertiary/aromatic N) is 2. The number of allylic oxidation sites excluding steroid dienone is 2. The number of aromatic nitrogens is 2. The predicted octanol–water partition coefficient (Wildman–Crippen LogP) is 10.2. The monoisotopic (exact) mass is 656 g/mol. The largest absolute Gasteiger partial charge is 0.472 e. The molecule has 2 unspecified atom stereocenters. The van der Waals surface area contributed by atoms with Crippen molar-refractivity contribution in [1.82, 2.24) is 9.97 Å². The zero-order valence-corrected chi connectivity index (χ0v) is 27.8. The standard InChI is InChI=1S/C36H36N2O4S3/c1-25(9-7-11-27-17-19-41-23-27)21-33(35-37-29-13-3-5-15-31(29)43-35)45(39,40)34(36-38-30-14-4-6-16-32(30)44-36)22-26(2)10-8-12-28-18-20-42-24-28/h3-6,13-24,33-34H,7-12H2,1-2H3/b25-21+,26-22+. The van der Waals surface area contributed by atoms with Crippen LogP contribution in [0.1, 0.15) is 71.2 Å². The molecule has 0 aliphatic heterocycles. The number of furan rings is 2. The summed E-state index contributed by atoms with van der Waals surface area (Å²) >= 11 is 2.90. The van der Waals surface area contributed by atoms with Crippen LogP contribution in [-0.2, 0) is 22.7 Å². The second-order valence-corrected chi connectivity index (χ2v) is 15.8. The number of para-hydroxylation sites is 2. The molecular weight excluding hydrogens is 621 g/mol. The molecule has 0 amide bonds. The van der Waals surface area contributed by atoms with Crippen molar-refractivity contribution in [2.75, 3.05) is 0 Å². The molecule has 9 heteroatoms. The van der Waals surface area contributed by atoms with Crippen LogP contribution in [0.3, 0.4) is 0 Å². The SMILES string of the molecule is C/C(=C\C(c1nc2ccccc2s1)S(=O)(=O)C(/C=C(\C)CCCc1ccoc1)c1nc2ccccc2s1)CCCc1ccoc1. The van der Waals surface area contributed by atoms with Gasteiger partial charge in [-0.15, -0.1) is 22.7 Å². The van der Waals surface area contributed by atoms with Gasteiger partial charge < -0.3 is 8.83 Å². The molecule has 0 saturated heterocycles. The zero-order valence-electron chi connectivity index (χ0n) is 25.4. The van der Waals surface area contributed by atoms with E-state index in [-0.39, 0.29) is 0 Å². The number of benzene rings is 2. The Morgan fingerprint density at radius 2 is 1.16 bits per heavy atom. The van der Waals surface area contributed by atoms with Gasteiger partial charge in [0.25, 0.3) is 0 Å². The van der Waals surface area contributed by atoms with Crippen LogP contribution in [0, 0.1) is 0 Å². The van der Waals surface area contributed by atoms with Gasteiger partial charge in [-0.2, -0.15) is 0 Å². The molecule has 45 heavy (non-hydrogen) atoms. The molecule has 4 heterocycles. The Hall–Kier alpha value is -3.79. The highest BCUT2D eigenvalue weighted by Gasteiger charge is 2.38. The highest BCUT2D eigenvalue weighted by atomic mass is 32.2. The molecule has 0 fully saturated rings. The lowest BCUT2D eigenvalue weighted by Crippen LogP contribution is -2.19. The number of hydrogen-bond acceptors (Lipinski definition) is 8. The van der Waals surface area contributed by atoms with Crippen LogP contribution in [0.5, 0.6) is 0 Å². The molecule has 2 atom stereocenters. The van der Waals surface area contributed by atoms with Gasteiger partial charge in [-0.05, 0) is 99.9 Å². The van der Waals surface area contributed by atoms with E-state index < -0.39 is 20.3 Å². The number of rotatable bonds is 14. The summed E-state index contributed by atoms with van der Waals surface area (Å²) in [6.45, 7) is 4.05. The fourth-order valence-corrected chi connectivity index (χ4v) is 10.2. The third kappa shape index (κ3) is 7.54. The first-order chi connectivity index (χ1) is 21.9. The number of fused-ring (bicyclic) bond motifs is 2. The first kappa shape index (κ1) is 31.2. The highest BCUT2D eigenvalue weighted by molar-refractivity contribution is 7.92.